The minimum atomic E-state index is -1.59. The summed E-state index contributed by atoms with van der Waals surface area (Å²) >= 11 is 0. The van der Waals surface area contributed by atoms with Gasteiger partial charge < -0.3 is 14.2 Å². The molecule has 8 heteroatoms. The molecule has 1 saturated heterocycles. The number of nitrogens with zero attached hydrogens (tertiary/aromatic N) is 3. The van der Waals surface area contributed by atoms with Crippen LogP contribution in [0.15, 0.2) is 43.0 Å². The van der Waals surface area contributed by atoms with E-state index in [0.29, 0.717) is 23.4 Å². The first-order valence-electron chi connectivity index (χ1n) is 10.4. The molecule has 3 heterocycles. The van der Waals surface area contributed by atoms with Gasteiger partial charge in [0.25, 0.3) is 5.91 Å². The van der Waals surface area contributed by atoms with Crippen LogP contribution in [0.1, 0.15) is 44.9 Å². The van der Waals surface area contributed by atoms with E-state index in [-0.39, 0.29) is 30.4 Å². The zero-order valence-electron chi connectivity index (χ0n) is 18.4. The lowest BCUT2D eigenvalue weighted by molar-refractivity contribution is -0.155. The third-order valence-corrected chi connectivity index (χ3v) is 6.39. The second-order valence-corrected chi connectivity index (χ2v) is 8.11. The van der Waals surface area contributed by atoms with Gasteiger partial charge in [-0.2, -0.15) is 0 Å². The maximum atomic E-state index is 13.3. The standard InChI is InChI=1S/C24H25N3O5/c1-5-12-26-15(2)13-18(16(26)3)20(28)14-32-23(31)24-11-10-21(29)27(24)19-9-7-6-8-17(19)22(30)25(24)4/h5-9,13H,1,10-12,14H2,2-4H3/t24-/m0/s1. The molecular formula is C24H25N3O5. The van der Waals surface area contributed by atoms with E-state index in [1.54, 1.807) is 36.4 Å². The number of allylic oxidation sites excluding steroid dienone is 1. The molecule has 1 aromatic carbocycles. The van der Waals surface area contributed by atoms with Gasteiger partial charge in [-0.05, 0) is 32.0 Å². The molecule has 4 rings (SSSR count). The molecule has 0 unspecified atom stereocenters. The Bertz CT molecular complexity index is 1160. The molecule has 2 amide bonds. The molecule has 32 heavy (non-hydrogen) atoms. The molecule has 1 aromatic heterocycles. The Hall–Kier alpha value is -3.68. The van der Waals surface area contributed by atoms with Crippen molar-refractivity contribution >= 4 is 29.3 Å². The minimum Gasteiger partial charge on any atom is -0.454 e. The van der Waals surface area contributed by atoms with Crippen LogP contribution < -0.4 is 4.90 Å². The van der Waals surface area contributed by atoms with E-state index >= 15 is 0 Å². The smallest absolute Gasteiger partial charge is 0.354 e. The molecule has 0 saturated carbocycles. The molecule has 2 aliphatic rings. The molecule has 0 radical (unpaired) electrons. The van der Waals surface area contributed by atoms with Crippen molar-refractivity contribution in [3.05, 3.63) is 65.5 Å². The maximum Gasteiger partial charge on any atom is 0.354 e. The molecule has 0 N–H and O–H groups in total. The monoisotopic (exact) mass is 435 g/mol. The minimum absolute atomic E-state index is 0.0949. The second-order valence-electron chi connectivity index (χ2n) is 8.11. The van der Waals surface area contributed by atoms with E-state index in [9.17, 15) is 19.2 Å². The number of anilines is 1. The lowest BCUT2D eigenvalue weighted by Crippen LogP contribution is -2.67. The number of para-hydroxylation sites is 1. The Kier molecular flexibility index (Phi) is 5.24. The van der Waals surface area contributed by atoms with Crippen LogP contribution in [0.3, 0.4) is 0 Å². The summed E-state index contributed by atoms with van der Waals surface area (Å²) in [6, 6.07) is 8.44. The molecule has 8 nitrogen and oxygen atoms in total. The Morgan fingerprint density at radius 2 is 1.94 bits per heavy atom. The van der Waals surface area contributed by atoms with Crippen molar-refractivity contribution in [1.29, 1.82) is 0 Å². The third kappa shape index (κ3) is 2.97. The number of hydrogen-bond acceptors (Lipinski definition) is 5. The number of hydrogen-bond donors (Lipinski definition) is 0. The predicted octanol–water partition coefficient (Wildman–Crippen LogP) is 2.63. The highest BCUT2D eigenvalue weighted by molar-refractivity contribution is 6.15. The van der Waals surface area contributed by atoms with Crippen molar-refractivity contribution in [3.8, 4) is 0 Å². The fourth-order valence-electron chi connectivity index (χ4n) is 4.71. The Morgan fingerprint density at radius 1 is 1.22 bits per heavy atom. The van der Waals surface area contributed by atoms with E-state index in [1.165, 1.54) is 16.8 Å². The molecule has 166 valence electrons. The van der Waals surface area contributed by atoms with Crippen LogP contribution in [0, 0.1) is 13.8 Å². The summed E-state index contributed by atoms with van der Waals surface area (Å²) in [6.07, 6.45) is 1.94. The zero-order chi connectivity index (χ0) is 23.2. The number of aromatic nitrogens is 1. The van der Waals surface area contributed by atoms with E-state index in [1.807, 2.05) is 18.4 Å². The summed E-state index contributed by atoms with van der Waals surface area (Å²) in [6.45, 7) is 7.53. The van der Waals surface area contributed by atoms with Gasteiger partial charge in [-0.15, -0.1) is 6.58 Å². The fraction of sp³-hybridized carbons (Fsp3) is 0.333. The number of esters is 1. The molecule has 2 aromatic rings. The summed E-state index contributed by atoms with van der Waals surface area (Å²) in [5.41, 5.74) is 1.26. The van der Waals surface area contributed by atoms with Crippen molar-refractivity contribution in [2.45, 2.75) is 38.9 Å². The molecule has 1 fully saturated rings. The first-order valence-corrected chi connectivity index (χ1v) is 10.4. The number of amides is 2. The summed E-state index contributed by atoms with van der Waals surface area (Å²) in [4.78, 5) is 54.5. The second kappa shape index (κ2) is 7.78. The topological polar surface area (TPSA) is 88.9 Å². The van der Waals surface area contributed by atoms with E-state index in [4.69, 9.17) is 4.74 Å². The van der Waals surface area contributed by atoms with Crippen LogP contribution in [0.5, 0.6) is 0 Å². The van der Waals surface area contributed by atoms with Gasteiger partial charge in [-0.1, -0.05) is 18.2 Å². The predicted molar refractivity (Wildman–Crippen MR) is 117 cm³/mol. The normalized spacial score (nSPS) is 19.6. The van der Waals surface area contributed by atoms with E-state index in [2.05, 4.69) is 6.58 Å². The van der Waals surface area contributed by atoms with Gasteiger partial charge in [0.1, 0.15) is 0 Å². The van der Waals surface area contributed by atoms with E-state index < -0.39 is 18.2 Å². The lowest BCUT2D eigenvalue weighted by Gasteiger charge is -2.46. The van der Waals surface area contributed by atoms with Gasteiger partial charge in [-0.25, -0.2) is 4.79 Å². The van der Waals surface area contributed by atoms with Gasteiger partial charge in [0.2, 0.25) is 17.4 Å². The molecule has 0 bridgehead atoms. The average molecular weight is 435 g/mol. The number of ketones is 1. The number of likely N-dealkylation sites (N-methyl/N-ethyl adjacent to an activating group) is 1. The summed E-state index contributed by atoms with van der Waals surface area (Å²) in [7, 11) is 1.48. The maximum absolute atomic E-state index is 13.3. The van der Waals surface area contributed by atoms with Crippen LogP contribution >= 0.6 is 0 Å². The number of Topliss-reactive ketones (excluding diaryl/α,β-unsaturated/α-hetero) is 1. The highest BCUT2D eigenvalue weighted by atomic mass is 16.5. The Morgan fingerprint density at radius 3 is 2.66 bits per heavy atom. The molecular weight excluding hydrogens is 410 g/mol. The van der Waals surface area contributed by atoms with Gasteiger partial charge in [0, 0.05) is 43.4 Å². The molecule has 0 spiro atoms. The van der Waals surface area contributed by atoms with Crippen molar-refractivity contribution in [1.82, 2.24) is 9.47 Å². The third-order valence-electron chi connectivity index (χ3n) is 6.39. The Balaban J connectivity index is 1.61. The number of fused-ring (bicyclic) bond motifs is 3. The number of aryl methyl sites for hydroxylation is 1. The van der Waals surface area contributed by atoms with E-state index in [0.717, 1.165) is 11.4 Å². The number of benzene rings is 1. The summed E-state index contributed by atoms with van der Waals surface area (Å²) in [5, 5.41) is 0. The van der Waals surface area contributed by atoms with Crippen LogP contribution in [-0.2, 0) is 20.9 Å². The highest BCUT2D eigenvalue weighted by Crippen LogP contribution is 2.44. The summed E-state index contributed by atoms with van der Waals surface area (Å²) in [5.74, 6) is -1.78. The summed E-state index contributed by atoms with van der Waals surface area (Å²) < 4.78 is 7.39. The lowest BCUT2D eigenvalue weighted by atomic mass is 9.97. The molecule has 1 atom stereocenters. The first-order chi connectivity index (χ1) is 15.2. The number of carbonyl (C=O) groups excluding carboxylic acids is 4. The van der Waals surface area contributed by atoms with Crippen molar-refractivity contribution in [3.63, 3.8) is 0 Å². The quantitative estimate of drug-likeness (QED) is 0.395. The van der Waals surface area contributed by atoms with Crippen LogP contribution in [-0.4, -0.2) is 52.4 Å². The van der Waals surface area contributed by atoms with Crippen LogP contribution in [0.4, 0.5) is 5.69 Å². The van der Waals surface area contributed by atoms with Gasteiger partial charge in [0.05, 0.1) is 11.3 Å². The number of carbonyl (C=O) groups is 4. The SMILES string of the molecule is C=CCn1c(C)cc(C(=O)COC(=O)[C@]23CCC(=O)N2c2ccccc2C(=O)N3C)c1C. The van der Waals surface area contributed by atoms with Crippen molar-refractivity contribution in [2.24, 2.45) is 0 Å². The van der Waals surface area contributed by atoms with Crippen molar-refractivity contribution < 1.29 is 23.9 Å². The highest BCUT2D eigenvalue weighted by Gasteiger charge is 2.60. The number of ether oxygens (including phenoxy) is 1. The zero-order valence-corrected chi connectivity index (χ0v) is 18.4. The largest absolute Gasteiger partial charge is 0.454 e. The van der Waals surface area contributed by atoms with Crippen LogP contribution in [0.2, 0.25) is 0 Å². The van der Waals surface area contributed by atoms with Gasteiger partial charge in [-0.3, -0.25) is 19.3 Å². The van der Waals surface area contributed by atoms with Gasteiger partial charge >= 0.3 is 5.97 Å². The molecule has 0 aliphatic carbocycles. The van der Waals surface area contributed by atoms with Gasteiger partial charge in [0.15, 0.2) is 6.61 Å². The Labute approximate surface area is 186 Å². The number of rotatable bonds is 6. The van der Waals surface area contributed by atoms with Crippen LogP contribution in [0.25, 0.3) is 0 Å². The van der Waals surface area contributed by atoms with Crippen molar-refractivity contribution in [2.75, 3.05) is 18.6 Å². The molecule has 2 aliphatic heterocycles. The fourth-order valence-corrected chi connectivity index (χ4v) is 4.71. The average Bonchev–Trinajstić information content (AvgIpc) is 3.28. The first kappa shape index (κ1) is 21.5.